The maximum atomic E-state index is 10.4. The Balaban J connectivity index is 2.60. The summed E-state index contributed by atoms with van der Waals surface area (Å²) in [6.45, 7) is 0.849. The van der Waals surface area contributed by atoms with E-state index in [1.165, 1.54) is 0 Å². The average Bonchev–Trinajstić information content (AvgIpc) is 2.44. The monoisotopic (exact) mass is 149 g/mol. The van der Waals surface area contributed by atoms with Crippen molar-refractivity contribution in [3.63, 3.8) is 0 Å². The highest BCUT2D eigenvalue weighted by atomic mass is 28.2. The number of imidazole rings is 1. The van der Waals surface area contributed by atoms with E-state index in [1.54, 1.807) is 6.20 Å². The number of aldehydes is 1. The molecule has 0 bridgehead atoms. The second-order valence-electron chi connectivity index (χ2n) is 2.08. The highest BCUT2D eigenvalue weighted by Gasteiger charge is 2.08. The van der Waals surface area contributed by atoms with Crippen LogP contribution < -0.4 is 5.45 Å². The highest BCUT2D eigenvalue weighted by molar-refractivity contribution is 6.60. The van der Waals surface area contributed by atoms with E-state index in [2.05, 4.69) is 10.7 Å². The van der Waals surface area contributed by atoms with Crippen molar-refractivity contribution in [1.29, 1.82) is 0 Å². The lowest BCUT2D eigenvalue weighted by molar-refractivity contribution is 0.111. The van der Waals surface area contributed by atoms with Gasteiger partial charge in [-0.05, 0) is 0 Å². The van der Waals surface area contributed by atoms with Gasteiger partial charge in [0.2, 0.25) is 0 Å². The van der Waals surface area contributed by atoms with Gasteiger partial charge in [0.05, 0.1) is 6.20 Å². The Morgan fingerprint density at radius 1 is 1.80 bits per heavy atom. The number of nitrogens with zero attached hydrogens (tertiary/aromatic N) is 2. The number of hydrogen-bond donors (Lipinski definition) is 0. The van der Waals surface area contributed by atoms with Gasteiger partial charge in [-0.15, -0.1) is 0 Å². The van der Waals surface area contributed by atoms with E-state index in [0.29, 0.717) is 14.8 Å². The minimum absolute atomic E-state index is 0.672. The SMILES string of the molecule is O=Cc1cnc2n1CC=[Si]2. The normalized spacial score (nSPS) is 13.6. The second-order valence-corrected chi connectivity index (χ2v) is 3.23. The lowest BCUT2D eigenvalue weighted by Crippen LogP contribution is -2.16. The molecule has 49 valence electrons. The molecule has 0 saturated heterocycles. The molecule has 10 heavy (non-hydrogen) atoms. The molecular weight excluding hydrogens is 144 g/mol. The Bertz CT molecular complexity index is 303. The summed E-state index contributed by atoms with van der Waals surface area (Å²) < 4.78 is 1.94. The third-order valence-electron chi connectivity index (χ3n) is 1.51. The van der Waals surface area contributed by atoms with Crippen LogP contribution >= 0.6 is 0 Å². The molecule has 0 atom stereocenters. The first-order valence-corrected chi connectivity index (χ1v) is 4.08. The van der Waals surface area contributed by atoms with Crippen molar-refractivity contribution in [2.24, 2.45) is 0 Å². The molecule has 2 rings (SSSR count). The first-order chi connectivity index (χ1) is 4.92. The van der Waals surface area contributed by atoms with Crippen molar-refractivity contribution in [3.8, 4) is 0 Å². The van der Waals surface area contributed by atoms with Crippen LogP contribution in [0.3, 0.4) is 0 Å². The first kappa shape index (κ1) is 5.73. The van der Waals surface area contributed by atoms with Crippen molar-refractivity contribution >= 4 is 26.5 Å². The van der Waals surface area contributed by atoms with Gasteiger partial charge in [-0.25, -0.2) is 4.98 Å². The number of hydrogen-bond acceptors (Lipinski definition) is 2. The Labute approximate surface area is 60.1 Å². The predicted molar refractivity (Wildman–Crippen MR) is 39.1 cm³/mol. The summed E-state index contributed by atoms with van der Waals surface area (Å²) in [7, 11) is 0.672. The van der Waals surface area contributed by atoms with Crippen LogP contribution in [0.2, 0.25) is 0 Å². The summed E-state index contributed by atoms with van der Waals surface area (Å²) in [5.74, 6) is 0. The zero-order chi connectivity index (χ0) is 6.97. The smallest absolute Gasteiger partial charge is 0.168 e. The Morgan fingerprint density at radius 2 is 2.70 bits per heavy atom. The van der Waals surface area contributed by atoms with E-state index in [0.717, 1.165) is 18.3 Å². The zero-order valence-electron chi connectivity index (χ0n) is 5.24. The minimum atomic E-state index is 0.672. The summed E-state index contributed by atoms with van der Waals surface area (Å²) in [5.41, 5.74) is 3.85. The van der Waals surface area contributed by atoms with Gasteiger partial charge in [0.25, 0.3) is 0 Å². The van der Waals surface area contributed by atoms with Gasteiger partial charge in [-0.1, -0.05) is 5.67 Å². The highest BCUT2D eigenvalue weighted by Crippen LogP contribution is 1.93. The molecule has 4 heteroatoms. The topological polar surface area (TPSA) is 34.9 Å². The Morgan fingerprint density at radius 3 is 3.50 bits per heavy atom. The molecule has 0 fully saturated rings. The minimum Gasteiger partial charge on any atom is -0.323 e. The average molecular weight is 149 g/mol. The largest absolute Gasteiger partial charge is 0.323 e. The van der Waals surface area contributed by atoms with Crippen LogP contribution in [-0.4, -0.2) is 30.6 Å². The number of rotatable bonds is 1. The molecule has 1 aromatic rings. The fourth-order valence-electron chi connectivity index (χ4n) is 1.02. The molecule has 1 aliphatic rings. The number of aromatic nitrogens is 2. The van der Waals surface area contributed by atoms with Crippen LogP contribution in [0.5, 0.6) is 0 Å². The van der Waals surface area contributed by atoms with E-state index < -0.39 is 0 Å². The van der Waals surface area contributed by atoms with Crippen LogP contribution in [-0.2, 0) is 6.54 Å². The van der Waals surface area contributed by atoms with Crippen LogP contribution in [0.1, 0.15) is 10.5 Å². The summed E-state index contributed by atoms with van der Waals surface area (Å²) in [6.07, 6.45) is 2.47. The van der Waals surface area contributed by atoms with Crippen LogP contribution in [0.15, 0.2) is 6.20 Å². The van der Waals surface area contributed by atoms with Crippen LogP contribution in [0, 0.1) is 0 Å². The van der Waals surface area contributed by atoms with Gasteiger partial charge >= 0.3 is 0 Å². The summed E-state index contributed by atoms with van der Waals surface area (Å²) >= 11 is 0. The molecule has 0 N–H and O–H groups in total. The van der Waals surface area contributed by atoms with Crippen molar-refractivity contribution in [1.82, 2.24) is 9.55 Å². The van der Waals surface area contributed by atoms with E-state index in [9.17, 15) is 4.79 Å². The quantitative estimate of drug-likeness (QED) is 0.373. The summed E-state index contributed by atoms with van der Waals surface area (Å²) in [6, 6.07) is 0. The molecule has 0 spiro atoms. The van der Waals surface area contributed by atoms with E-state index in [1.807, 2.05) is 4.57 Å². The molecule has 1 aliphatic heterocycles. The lowest BCUT2D eigenvalue weighted by atomic mass is 10.5. The first-order valence-electron chi connectivity index (χ1n) is 3.01. The molecular formula is C6H5N2OSi. The maximum Gasteiger partial charge on any atom is 0.168 e. The maximum absolute atomic E-state index is 10.4. The van der Waals surface area contributed by atoms with Gasteiger partial charge in [-0.2, -0.15) is 0 Å². The van der Waals surface area contributed by atoms with Crippen molar-refractivity contribution in [2.45, 2.75) is 6.54 Å². The van der Waals surface area contributed by atoms with E-state index in [-0.39, 0.29) is 0 Å². The molecule has 1 radical (unpaired) electrons. The lowest BCUT2D eigenvalue weighted by Gasteiger charge is -1.95. The van der Waals surface area contributed by atoms with Gasteiger partial charge in [0.1, 0.15) is 20.3 Å². The molecule has 3 nitrogen and oxygen atoms in total. The molecule has 1 aromatic heterocycles. The Kier molecular flexibility index (Phi) is 1.14. The zero-order valence-corrected chi connectivity index (χ0v) is 6.24. The third-order valence-corrected chi connectivity index (χ3v) is 2.56. The summed E-state index contributed by atoms with van der Waals surface area (Å²) in [4.78, 5) is 14.4. The van der Waals surface area contributed by atoms with Crippen molar-refractivity contribution < 1.29 is 4.79 Å². The number of carbonyl (C=O) groups excluding carboxylic acids is 1. The summed E-state index contributed by atoms with van der Waals surface area (Å²) in [5, 5.41) is 0. The van der Waals surface area contributed by atoms with Gasteiger partial charge in [0.15, 0.2) is 6.29 Å². The second kappa shape index (κ2) is 1.98. The molecule has 0 amide bonds. The third kappa shape index (κ3) is 0.622. The van der Waals surface area contributed by atoms with Gasteiger partial charge in [-0.3, -0.25) is 4.79 Å². The van der Waals surface area contributed by atoms with E-state index in [4.69, 9.17) is 0 Å². The van der Waals surface area contributed by atoms with Crippen LogP contribution in [0.4, 0.5) is 0 Å². The number of fused-ring (bicyclic) bond motifs is 1. The molecule has 0 unspecified atom stereocenters. The van der Waals surface area contributed by atoms with Crippen molar-refractivity contribution in [3.05, 3.63) is 11.9 Å². The number of carbonyl (C=O) groups is 1. The van der Waals surface area contributed by atoms with E-state index >= 15 is 0 Å². The Hall–Kier alpha value is -1.03. The van der Waals surface area contributed by atoms with Crippen molar-refractivity contribution in [2.75, 3.05) is 0 Å². The van der Waals surface area contributed by atoms with Gasteiger partial charge in [0, 0.05) is 6.54 Å². The molecule has 0 saturated carbocycles. The standard InChI is InChI=1S/C6H5N2OSi/c9-4-5-3-7-6-8(5)1-2-10-6/h2-4H,1H2. The fraction of sp³-hybridized carbons (Fsp3) is 0.167. The molecule has 2 heterocycles. The molecule has 0 aromatic carbocycles. The molecule has 0 aliphatic carbocycles. The van der Waals surface area contributed by atoms with Crippen LogP contribution in [0.25, 0.3) is 0 Å². The van der Waals surface area contributed by atoms with Gasteiger partial charge < -0.3 is 4.57 Å². The fourth-order valence-corrected chi connectivity index (χ4v) is 1.99. The predicted octanol–water partition coefficient (Wildman–Crippen LogP) is -1.16.